The fraction of sp³-hybridized carbons (Fsp3) is 0.0769. The largest absolute Gasteiger partial charge is 0.497 e. The minimum atomic E-state index is -0.717. The van der Waals surface area contributed by atoms with E-state index in [1.807, 2.05) is 42.6 Å². The molecular formula is C26H21N3O. The zero-order valence-electron chi connectivity index (χ0n) is 16.6. The van der Waals surface area contributed by atoms with Crippen molar-refractivity contribution >= 4 is 5.84 Å². The van der Waals surface area contributed by atoms with Gasteiger partial charge in [0, 0.05) is 18.0 Å². The van der Waals surface area contributed by atoms with Crippen molar-refractivity contribution in [1.82, 2.24) is 4.98 Å². The second-order valence-electron chi connectivity index (χ2n) is 7.30. The summed E-state index contributed by atoms with van der Waals surface area (Å²) in [5.74, 6) is 1.36. The molecule has 0 radical (unpaired) electrons. The highest BCUT2D eigenvalue weighted by molar-refractivity contribution is 6.03. The van der Waals surface area contributed by atoms with E-state index in [0.717, 1.165) is 39.1 Å². The highest BCUT2D eigenvalue weighted by Gasteiger charge is 2.42. The molecule has 0 aliphatic carbocycles. The SMILES string of the molecule is COc1ccc(C2(c3cccc(-c4cccnc4)c3)N=C(N)c3ccccc32)cc1. The summed E-state index contributed by atoms with van der Waals surface area (Å²) < 4.78 is 5.37. The molecule has 5 rings (SSSR count). The van der Waals surface area contributed by atoms with Gasteiger partial charge in [-0.3, -0.25) is 4.98 Å². The van der Waals surface area contributed by atoms with Crippen molar-refractivity contribution in [1.29, 1.82) is 0 Å². The summed E-state index contributed by atoms with van der Waals surface area (Å²) in [6, 6.07) is 28.7. The van der Waals surface area contributed by atoms with Crippen LogP contribution in [0.4, 0.5) is 0 Å². The molecule has 4 heteroatoms. The number of nitrogens with zero attached hydrogens (tertiary/aromatic N) is 2. The van der Waals surface area contributed by atoms with Gasteiger partial charge in [0.15, 0.2) is 0 Å². The summed E-state index contributed by atoms with van der Waals surface area (Å²) in [5.41, 5.74) is 12.0. The molecule has 2 N–H and O–H groups in total. The molecule has 3 aromatic carbocycles. The number of amidine groups is 1. The monoisotopic (exact) mass is 391 g/mol. The Balaban J connectivity index is 1.77. The molecule has 2 heterocycles. The lowest BCUT2D eigenvalue weighted by Crippen LogP contribution is -2.25. The zero-order chi connectivity index (χ0) is 20.6. The minimum absolute atomic E-state index is 0.549. The Kier molecular flexibility index (Phi) is 4.32. The molecule has 0 bridgehead atoms. The van der Waals surface area contributed by atoms with Crippen LogP contribution in [0.3, 0.4) is 0 Å². The molecule has 1 aliphatic heterocycles. The molecule has 4 nitrogen and oxygen atoms in total. The molecule has 146 valence electrons. The molecule has 0 spiro atoms. The number of rotatable bonds is 4. The summed E-state index contributed by atoms with van der Waals surface area (Å²) in [7, 11) is 1.67. The predicted octanol–water partition coefficient (Wildman–Crippen LogP) is 4.77. The van der Waals surface area contributed by atoms with Crippen LogP contribution in [0.25, 0.3) is 11.1 Å². The van der Waals surface area contributed by atoms with Gasteiger partial charge in [-0.05, 0) is 52.1 Å². The number of hydrogen-bond donors (Lipinski definition) is 1. The van der Waals surface area contributed by atoms with E-state index in [1.54, 1.807) is 13.3 Å². The third-order valence-corrected chi connectivity index (χ3v) is 5.66. The molecule has 0 fully saturated rings. The first-order valence-corrected chi connectivity index (χ1v) is 9.83. The smallest absolute Gasteiger partial charge is 0.139 e. The normalized spacial score (nSPS) is 17.3. The average molecular weight is 391 g/mol. The van der Waals surface area contributed by atoms with Gasteiger partial charge in [0.25, 0.3) is 0 Å². The Morgan fingerprint density at radius 1 is 0.800 bits per heavy atom. The standard InChI is InChI=1S/C26H21N3O/c1-30-22-13-11-20(12-14-22)26(24-10-3-2-9-23(24)25(27)29-26)21-8-4-6-18(16-21)19-7-5-15-28-17-19/h2-17H,1H3,(H2,27,29). The Bertz CT molecular complexity index is 1230. The third kappa shape index (κ3) is 2.77. The molecule has 4 aromatic rings. The number of benzene rings is 3. The lowest BCUT2D eigenvalue weighted by molar-refractivity contribution is 0.414. The summed E-state index contributed by atoms with van der Waals surface area (Å²) in [5, 5.41) is 0. The quantitative estimate of drug-likeness (QED) is 0.545. The van der Waals surface area contributed by atoms with Crippen LogP contribution in [0.2, 0.25) is 0 Å². The van der Waals surface area contributed by atoms with Gasteiger partial charge in [-0.15, -0.1) is 0 Å². The number of nitrogens with two attached hydrogens (primary N) is 1. The van der Waals surface area contributed by atoms with Gasteiger partial charge in [0.05, 0.1) is 7.11 Å². The average Bonchev–Trinajstić information content (AvgIpc) is 3.13. The Hall–Kier alpha value is -3.92. The summed E-state index contributed by atoms with van der Waals surface area (Å²) in [6.07, 6.45) is 3.66. The molecule has 0 saturated heterocycles. The fourth-order valence-corrected chi connectivity index (χ4v) is 4.22. The molecule has 0 saturated carbocycles. The van der Waals surface area contributed by atoms with E-state index in [2.05, 4.69) is 53.5 Å². The van der Waals surface area contributed by atoms with E-state index in [-0.39, 0.29) is 0 Å². The van der Waals surface area contributed by atoms with Crippen molar-refractivity contribution < 1.29 is 4.74 Å². The lowest BCUT2D eigenvalue weighted by atomic mass is 9.77. The summed E-state index contributed by atoms with van der Waals surface area (Å²) in [6.45, 7) is 0. The number of methoxy groups -OCH3 is 1. The number of ether oxygens (including phenoxy) is 1. The number of pyridine rings is 1. The predicted molar refractivity (Wildman–Crippen MR) is 120 cm³/mol. The van der Waals surface area contributed by atoms with Crippen LogP contribution in [-0.2, 0) is 5.54 Å². The van der Waals surface area contributed by atoms with E-state index < -0.39 is 5.54 Å². The van der Waals surface area contributed by atoms with E-state index in [9.17, 15) is 0 Å². The van der Waals surface area contributed by atoms with Gasteiger partial charge in [0.1, 0.15) is 17.1 Å². The highest BCUT2D eigenvalue weighted by Crippen LogP contribution is 2.46. The van der Waals surface area contributed by atoms with E-state index >= 15 is 0 Å². The van der Waals surface area contributed by atoms with Gasteiger partial charge < -0.3 is 10.5 Å². The van der Waals surface area contributed by atoms with Crippen molar-refractivity contribution in [3.8, 4) is 16.9 Å². The maximum atomic E-state index is 6.42. The van der Waals surface area contributed by atoms with Crippen molar-refractivity contribution in [3.63, 3.8) is 0 Å². The summed E-state index contributed by atoms with van der Waals surface area (Å²) >= 11 is 0. The minimum Gasteiger partial charge on any atom is -0.497 e. The first kappa shape index (κ1) is 18.1. The van der Waals surface area contributed by atoms with Gasteiger partial charge in [-0.2, -0.15) is 0 Å². The Morgan fingerprint density at radius 3 is 2.37 bits per heavy atom. The number of aromatic nitrogens is 1. The first-order chi connectivity index (χ1) is 14.7. The van der Waals surface area contributed by atoms with E-state index in [4.69, 9.17) is 15.5 Å². The van der Waals surface area contributed by atoms with Crippen LogP contribution in [0.5, 0.6) is 5.75 Å². The lowest BCUT2D eigenvalue weighted by Gasteiger charge is -2.29. The number of aliphatic imine (C=N–C) groups is 1. The van der Waals surface area contributed by atoms with Crippen LogP contribution in [0.15, 0.2) is 102 Å². The maximum absolute atomic E-state index is 6.42. The first-order valence-electron chi connectivity index (χ1n) is 9.83. The van der Waals surface area contributed by atoms with Crippen molar-refractivity contribution in [2.45, 2.75) is 5.54 Å². The number of hydrogen-bond acceptors (Lipinski definition) is 4. The third-order valence-electron chi connectivity index (χ3n) is 5.66. The molecule has 0 amide bonds. The maximum Gasteiger partial charge on any atom is 0.139 e. The summed E-state index contributed by atoms with van der Waals surface area (Å²) in [4.78, 5) is 9.33. The van der Waals surface area contributed by atoms with Gasteiger partial charge >= 0.3 is 0 Å². The molecule has 30 heavy (non-hydrogen) atoms. The van der Waals surface area contributed by atoms with Crippen LogP contribution in [0.1, 0.15) is 22.3 Å². The Labute approximate surface area is 175 Å². The van der Waals surface area contributed by atoms with Gasteiger partial charge in [-0.25, -0.2) is 4.99 Å². The number of fused-ring (bicyclic) bond motifs is 1. The second-order valence-corrected chi connectivity index (χ2v) is 7.30. The molecule has 1 aliphatic rings. The van der Waals surface area contributed by atoms with Crippen LogP contribution in [-0.4, -0.2) is 17.9 Å². The van der Waals surface area contributed by atoms with E-state index in [1.165, 1.54) is 0 Å². The highest BCUT2D eigenvalue weighted by atomic mass is 16.5. The van der Waals surface area contributed by atoms with Gasteiger partial charge in [0.2, 0.25) is 0 Å². The Morgan fingerprint density at radius 2 is 1.60 bits per heavy atom. The molecular weight excluding hydrogens is 370 g/mol. The van der Waals surface area contributed by atoms with Crippen molar-refractivity contribution in [2.24, 2.45) is 10.7 Å². The molecule has 1 unspecified atom stereocenters. The second kappa shape index (κ2) is 7.16. The van der Waals surface area contributed by atoms with E-state index in [0.29, 0.717) is 5.84 Å². The van der Waals surface area contributed by atoms with Crippen LogP contribution in [0, 0.1) is 0 Å². The molecule has 1 aromatic heterocycles. The van der Waals surface area contributed by atoms with Crippen LogP contribution >= 0.6 is 0 Å². The van der Waals surface area contributed by atoms with Crippen LogP contribution < -0.4 is 10.5 Å². The van der Waals surface area contributed by atoms with Crippen molar-refractivity contribution in [2.75, 3.05) is 7.11 Å². The zero-order valence-corrected chi connectivity index (χ0v) is 16.6. The fourth-order valence-electron chi connectivity index (χ4n) is 4.22. The topological polar surface area (TPSA) is 60.5 Å². The van der Waals surface area contributed by atoms with Crippen molar-refractivity contribution in [3.05, 3.63) is 120 Å². The molecule has 1 atom stereocenters. The van der Waals surface area contributed by atoms with Gasteiger partial charge in [-0.1, -0.05) is 60.7 Å².